The molecule has 0 saturated carbocycles. The average Bonchev–Trinajstić information content (AvgIpc) is 2.50. The lowest BCUT2D eigenvalue weighted by Gasteiger charge is -2.31. The minimum absolute atomic E-state index is 0.0289. The maximum atomic E-state index is 9.81. The van der Waals surface area contributed by atoms with E-state index in [1.165, 1.54) is 0 Å². The monoisotopic (exact) mass is 349 g/mol. The molecule has 2 aromatic carbocycles. The minimum Gasteiger partial charge on any atom is -0.495 e. The highest BCUT2D eigenvalue weighted by molar-refractivity contribution is 9.10. The van der Waals surface area contributed by atoms with E-state index in [1.54, 1.807) is 7.11 Å². The van der Waals surface area contributed by atoms with Gasteiger partial charge in [-0.25, -0.2) is 0 Å². The second kappa shape index (κ2) is 6.96. The van der Waals surface area contributed by atoms with Crippen molar-refractivity contribution >= 4 is 21.6 Å². The Morgan fingerprint density at radius 3 is 2.43 bits per heavy atom. The molecule has 1 unspecified atom stereocenters. The molecule has 21 heavy (non-hydrogen) atoms. The molecule has 2 aromatic rings. The van der Waals surface area contributed by atoms with Crippen LogP contribution in [0.2, 0.25) is 0 Å². The SMILES string of the molecule is COc1ccccc1NC(C)(CO)Cc1ccc(Br)cc1. The Kier molecular flexibility index (Phi) is 5.26. The van der Waals surface area contributed by atoms with Gasteiger partial charge in [0.05, 0.1) is 24.9 Å². The van der Waals surface area contributed by atoms with Gasteiger partial charge in [-0.15, -0.1) is 0 Å². The van der Waals surface area contributed by atoms with Crippen LogP contribution in [0, 0.1) is 0 Å². The topological polar surface area (TPSA) is 41.5 Å². The summed E-state index contributed by atoms with van der Waals surface area (Å²) in [5, 5.41) is 13.2. The van der Waals surface area contributed by atoms with Crippen LogP contribution >= 0.6 is 15.9 Å². The van der Waals surface area contributed by atoms with Gasteiger partial charge in [0.15, 0.2) is 0 Å². The number of aliphatic hydroxyl groups is 1. The molecule has 0 aliphatic heterocycles. The van der Waals surface area contributed by atoms with E-state index in [2.05, 4.69) is 33.4 Å². The Bertz CT molecular complexity index is 586. The molecule has 0 radical (unpaired) electrons. The number of ether oxygens (including phenoxy) is 1. The normalized spacial score (nSPS) is 13.5. The maximum absolute atomic E-state index is 9.81. The Morgan fingerprint density at radius 2 is 1.81 bits per heavy atom. The standard InChI is InChI=1S/C17H20BrNO2/c1-17(12-20,11-13-7-9-14(18)10-8-13)19-15-5-3-4-6-16(15)21-2/h3-10,19-20H,11-12H2,1-2H3. The molecule has 2 N–H and O–H groups in total. The van der Waals surface area contributed by atoms with Crippen LogP contribution in [-0.4, -0.2) is 24.4 Å². The lowest BCUT2D eigenvalue weighted by Crippen LogP contribution is -2.41. The van der Waals surface area contributed by atoms with Gasteiger partial charge in [0.1, 0.15) is 5.75 Å². The fraction of sp³-hybridized carbons (Fsp3) is 0.294. The van der Waals surface area contributed by atoms with Crippen LogP contribution in [0.25, 0.3) is 0 Å². The molecule has 0 saturated heterocycles. The van der Waals surface area contributed by atoms with Gasteiger partial charge >= 0.3 is 0 Å². The number of aliphatic hydroxyl groups excluding tert-OH is 1. The molecule has 0 amide bonds. The zero-order valence-electron chi connectivity index (χ0n) is 12.3. The average molecular weight is 350 g/mol. The number of hydrogen-bond acceptors (Lipinski definition) is 3. The summed E-state index contributed by atoms with van der Waals surface area (Å²) in [6.07, 6.45) is 0.717. The van der Waals surface area contributed by atoms with Crippen LogP contribution in [0.3, 0.4) is 0 Å². The van der Waals surface area contributed by atoms with Crippen molar-refractivity contribution in [2.75, 3.05) is 19.0 Å². The third-order valence-corrected chi connectivity index (χ3v) is 3.93. The zero-order valence-corrected chi connectivity index (χ0v) is 13.9. The number of nitrogens with one attached hydrogen (secondary N) is 1. The summed E-state index contributed by atoms with van der Waals surface area (Å²) < 4.78 is 6.40. The first-order valence-corrected chi connectivity index (χ1v) is 7.62. The number of halogens is 1. The van der Waals surface area contributed by atoms with E-state index in [9.17, 15) is 5.11 Å². The molecule has 0 aliphatic rings. The number of anilines is 1. The molecule has 0 spiro atoms. The van der Waals surface area contributed by atoms with E-state index in [4.69, 9.17) is 4.74 Å². The number of methoxy groups -OCH3 is 1. The van der Waals surface area contributed by atoms with E-state index in [1.807, 2.05) is 43.3 Å². The highest BCUT2D eigenvalue weighted by atomic mass is 79.9. The molecule has 4 heteroatoms. The minimum atomic E-state index is -0.456. The van der Waals surface area contributed by atoms with E-state index in [-0.39, 0.29) is 6.61 Å². The van der Waals surface area contributed by atoms with Gasteiger partial charge in [0.25, 0.3) is 0 Å². The van der Waals surface area contributed by atoms with E-state index >= 15 is 0 Å². The Labute approximate surface area is 134 Å². The third kappa shape index (κ3) is 4.22. The molecular weight excluding hydrogens is 330 g/mol. The molecule has 0 aliphatic carbocycles. The lowest BCUT2D eigenvalue weighted by molar-refractivity contribution is 0.221. The molecular formula is C17H20BrNO2. The number of hydrogen-bond donors (Lipinski definition) is 2. The summed E-state index contributed by atoms with van der Waals surface area (Å²) in [7, 11) is 1.64. The van der Waals surface area contributed by atoms with E-state index < -0.39 is 5.54 Å². The Hall–Kier alpha value is -1.52. The first-order chi connectivity index (χ1) is 10.1. The molecule has 2 rings (SSSR count). The van der Waals surface area contributed by atoms with Gasteiger partial charge in [-0.05, 0) is 43.2 Å². The van der Waals surface area contributed by atoms with Crippen LogP contribution in [0.5, 0.6) is 5.75 Å². The summed E-state index contributed by atoms with van der Waals surface area (Å²) in [6.45, 7) is 2.03. The van der Waals surface area contributed by atoms with Gasteiger partial charge < -0.3 is 15.2 Å². The Balaban J connectivity index is 2.18. The molecule has 3 nitrogen and oxygen atoms in total. The fourth-order valence-corrected chi connectivity index (χ4v) is 2.53. The number of para-hydroxylation sites is 2. The van der Waals surface area contributed by atoms with Crippen LogP contribution in [-0.2, 0) is 6.42 Å². The predicted octanol–water partition coefficient (Wildman–Crippen LogP) is 3.86. The third-order valence-electron chi connectivity index (χ3n) is 3.40. The van der Waals surface area contributed by atoms with Crippen molar-refractivity contribution in [3.63, 3.8) is 0 Å². The van der Waals surface area contributed by atoms with E-state index in [0.29, 0.717) is 0 Å². The van der Waals surface area contributed by atoms with Gasteiger partial charge in [0, 0.05) is 4.47 Å². The smallest absolute Gasteiger partial charge is 0.141 e. The molecule has 0 heterocycles. The summed E-state index contributed by atoms with van der Waals surface area (Å²) in [5.41, 5.74) is 1.59. The summed E-state index contributed by atoms with van der Waals surface area (Å²) in [4.78, 5) is 0. The highest BCUT2D eigenvalue weighted by Gasteiger charge is 2.24. The van der Waals surface area contributed by atoms with Gasteiger partial charge in [-0.1, -0.05) is 40.2 Å². The van der Waals surface area contributed by atoms with Crippen molar-refractivity contribution < 1.29 is 9.84 Å². The van der Waals surface area contributed by atoms with E-state index in [0.717, 1.165) is 27.9 Å². The maximum Gasteiger partial charge on any atom is 0.141 e. The fourth-order valence-electron chi connectivity index (χ4n) is 2.27. The van der Waals surface area contributed by atoms with Crippen molar-refractivity contribution in [1.29, 1.82) is 0 Å². The van der Waals surface area contributed by atoms with Crippen molar-refractivity contribution in [3.05, 3.63) is 58.6 Å². The molecule has 1 atom stereocenters. The summed E-state index contributed by atoms with van der Waals surface area (Å²) in [6, 6.07) is 15.9. The Morgan fingerprint density at radius 1 is 1.14 bits per heavy atom. The largest absolute Gasteiger partial charge is 0.495 e. The predicted molar refractivity (Wildman–Crippen MR) is 90.0 cm³/mol. The number of benzene rings is 2. The second-order valence-electron chi connectivity index (χ2n) is 5.35. The first-order valence-electron chi connectivity index (χ1n) is 6.83. The van der Waals surface area contributed by atoms with Gasteiger partial charge in [0.2, 0.25) is 0 Å². The van der Waals surface area contributed by atoms with Crippen molar-refractivity contribution in [2.24, 2.45) is 0 Å². The van der Waals surface area contributed by atoms with Gasteiger partial charge in [-0.2, -0.15) is 0 Å². The summed E-state index contributed by atoms with van der Waals surface area (Å²) in [5.74, 6) is 0.771. The van der Waals surface area contributed by atoms with Crippen LogP contribution < -0.4 is 10.1 Å². The molecule has 0 bridgehead atoms. The molecule has 0 aromatic heterocycles. The quantitative estimate of drug-likeness (QED) is 0.831. The summed E-state index contributed by atoms with van der Waals surface area (Å²) >= 11 is 3.43. The van der Waals surface area contributed by atoms with Crippen molar-refractivity contribution in [1.82, 2.24) is 0 Å². The van der Waals surface area contributed by atoms with Crippen molar-refractivity contribution in [3.8, 4) is 5.75 Å². The van der Waals surface area contributed by atoms with Crippen LogP contribution in [0.1, 0.15) is 12.5 Å². The van der Waals surface area contributed by atoms with Crippen LogP contribution in [0.4, 0.5) is 5.69 Å². The molecule has 0 fully saturated rings. The van der Waals surface area contributed by atoms with Crippen molar-refractivity contribution in [2.45, 2.75) is 18.9 Å². The second-order valence-corrected chi connectivity index (χ2v) is 6.26. The highest BCUT2D eigenvalue weighted by Crippen LogP contribution is 2.28. The zero-order chi connectivity index (χ0) is 15.3. The van der Waals surface area contributed by atoms with Crippen LogP contribution in [0.15, 0.2) is 53.0 Å². The first kappa shape index (κ1) is 15.9. The lowest BCUT2D eigenvalue weighted by atomic mass is 9.93. The number of rotatable bonds is 6. The molecule has 112 valence electrons. The van der Waals surface area contributed by atoms with Gasteiger partial charge in [-0.3, -0.25) is 0 Å².